The summed E-state index contributed by atoms with van der Waals surface area (Å²) in [5.41, 5.74) is 0. The van der Waals surface area contributed by atoms with Crippen LogP contribution in [0.4, 0.5) is 0 Å². The molecule has 4 heteroatoms. The van der Waals surface area contributed by atoms with Crippen molar-refractivity contribution in [2.24, 2.45) is 0 Å². The van der Waals surface area contributed by atoms with E-state index in [9.17, 15) is 0 Å². The molecule has 0 bridgehead atoms. The number of hydrogen-bond donors (Lipinski definition) is 1. The summed E-state index contributed by atoms with van der Waals surface area (Å²) in [5, 5.41) is 9.14. The van der Waals surface area contributed by atoms with Gasteiger partial charge in [0.2, 0.25) is 0 Å². The van der Waals surface area contributed by atoms with Crippen LogP contribution in [-0.2, 0) is 9.47 Å². The Balaban J connectivity index is 2.09. The van der Waals surface area contributed by atoms with Gasteiger partial charge in [-0.15, -0.1) is 0 Å². The summed E-state index contributed by atoms with van der Waals surface area (Å²) in [4.78, 5) is 0. The van der Waals surface area contributed by atoms with Gasteiger partial charge in [-0.3, -0.25) is 0 Å². The molecule has 2 saturated heterocycles. The molecule has 1 spiro atoms. The highest BCUT2D eigenvalue weighted by atomic mass is 32.2. The zero-order valence-electron chi connectivity index (χ0n) is 6.28. The van der Waals surface area contributed by atoms with Crippen LogP contribution >= 0.6 is 11.8 Å². The van der Waals surface area contributed by atoms with Gasteiger partial charge in [0.15, 0.2) is 5.79 Å². The van der Waals surface area contributed by atoms with E-state index in [-0.39, 0.29) is 11.9 Å². The highest BCUT2D eigenvalue weighted by Crippen LogP contribution is 2.41. The van der Waals surface area contributed by atoms with E-state index < -0.39 is 5.79 Å². The fraction of sp³-hybridized carbons (Fsp3) is 1.00. The van der Waals surface area contributed by atoms with Crippen LogP contribution in [0.25, 0.3) is 0 Å². The summed E-state index contributed by atoms with van der Waals surface area (Å²) in [6.07, 6.45) is 0.920. The molecule has 2 rings (SSSR count). The van der Waals surface area contributed by atoms with E-state index in [0.29, 0.717) is 13.2 Å². The fourth-order valence-electron chi connectivity index (χ4n) is 1.62. The molecule has 3 nitrogen and oxygen atoms in total. The molecule has 0 aromatic rings. The minimum absolute atomic E-state index is 0.130. The largest absolute Gasteiger partial charge is 0.395 e. The number of thioether (sulfide) groups is 1. The van der Waals surface area contributed by atoms with E-state index in [1.165, 1.54) is 0 Å². The summed E-state index contributed by atoms with van der Waals surface area (Å²) < 4.78 is 11.0. The van der Waals surface area contributed by atoms with Crippen molar-refractivity contribution in [2.75, 3.05) is 25.6 Å². The molecule has 2 aliphatic rings. The maximum atomic E-state index is 9.01. The molecule has 0 aromatic carbocycles. The molecule has 1 N–H and O–H groups in total. The first kappa shape index (κ1) is 7.86. The van der Waals surface area contributed by atoms with Gasteiger partial charge in [0.25, 0.3) is 0 Å². The normalized spacial score (nSPS) is 35.2. The first-order valence-corrected chi connectivity index (χ1v) is 4.93. The molecule has 0 radical (unpaired) electrons. The van der Waals surface area contributed by atoms with Crippen LogP contribution in [0.3, 0.4) is 0 Å². The number of hydrogen-bond acceptors (Lipinski definition) is 4. The average Bonchev–Trinajstić information content (AvgIpc) is 2.62. The second-order valence-electron chi connectivity index (χ2n) is 2.80. The summed E-state index contributed by atoms with van der Waals surface area (Å²) >= 11 is 1.74. The number of rotatable bonds is 1. The lowest BCUT2D eigenvalue weighted by Crippen LogP contribution is -2.39. The van der Waals surface area contributed by atoms with E-state index >= 15 is 0 Å². The third kappa shape index (κ3) is 1.18. The predicted molar refractivity (Wildman–Crippen MR) is 42.6 cm³/mol. The molecule has 2 heterocycles. The summed E-state index contributed by atoms with van der Waals surface area (Å²) in [5.74, 6) is 0.602. The summed E-state index contributed by atoms with van der Waals surface area (Å²) in [7, 11) is 0. The van der Waals surface area contributed by atoms with E-state index in [1.54, 1.807) is 11.8 Å². The Labute approximate surface area is 70.1 Å². The average molecular weight is 176 g/mol. The third-order valence-electron chi connectivity index (χ3n) is 2.20. The topological polar surface area (TPSA) is 38.7 Å². The van der Waals surface area contributed by atoms with Gasteiger partial charge in [-0.1, -0.05) is 0 Å². The van der Waals surface area contributed by atoms with E-state index in [0.717, 1.165) is 12.2 Å². The fourth-order valence-corrected chi connectivity index (χ4v) is 2.92. The van der Waals surface area contributed by atoms with Crippen LogP contribution in [0.5, 0.6) is 0 Å². The Morgan fingerprint density at radius 3 is 2.82 bits per heavy atom. The lowest BCUT2D eigenvalue weighted by Gasteiger charge is -2.26. The molecular weight excluding hydrogens is 164 g/mol. The van der Waals surface area contributed by atoms with Gasteiger partial charge >= 0.3 is 0 Å². The van der Waals surface area contributed by atoms with Gasteiger partial charge in [0, 0.05) is 6.42 Å². The Kier molecular flexibility index (Phi) is 2.10. The van der Waals surface area contributed by atoms with Gasteiger partial charge in [0.1, 0.15) is 0 Å². The summed E-state index contributed by atoms with van der Waals surface area (Å²) in [6, 6.07) is 0. The monoisotopic (exact) mass is 176 g/mol. The standard InChI is InChI=1S/C7H12O3S/c8-5-6-7(1-4-11-6)9-2-3-10-7/h6,8H,1-5H2. The van der Waals surface area contributed by atoms with E-state index in [2.05, 4.69) is 0 Å². The van der Waals surface area contributed by atoms with Crippen molar-refractivity contribution in [1.29, 1.82) is 0 Å². The van der Waals surface area contributed by atoms with Crippen molar-refractivity contribution in [3.05, 3.63) is 0 Å². The Morgan fingerprint density at radius 1 is 1.45 bits per heavy atom. The molecule has 2 aliphatic heterocycles. The van der Waals surface area contributed by atoms with Crippen LogP contribution in [0.1, 0.15) is 6.42 Å². The van der Waals surface area contributed by atoms with Crippen LogP contribution in [0, 0.1) is 0 Å². The predicted octanol–water partition coefficient (Wildman–Crippen LogP) is 0.227. The lowest BCUT2D eigenvalue weighted by atomic mass is 10.1. The quantitative estimate of drug-likeness (QED) is 0.620. The number of ether oxygens (including phenoxy) is 2. The molecule has 2 fully saturated rings. The summed E-state index contributed by atoms with van der Waals surface area (Å²) in [6.45, 7) is 1.51. The van der Waals surface area contributed by atoms with Crippen molar-refractivity contribution in [3.63, 3.8) is 0 Å². The first-order chi connectivity index (χ1) is 5.37. The maximum Gasteiger partial charge on any atom is 0.183 e. The van der Waals surface area contributed by atoms with Crippen molar-refractivity contribution < 1.29 is 14.6 Å². The van der Waals surface area contributed by atoms with E-state index in [1.807, 2.05) is 0 Å². The van der Waals surface area contributed by atoms with Gasteiger partial charge < -0.3 is 14.6 Å². The first-order valence-electron chi connectivity index (χ1n) is 3.88. The molecule has 11 heavy (non-hydrogen) atoms. The zero-order valence-corrected chi connectivity index (χ0v) is 7.10. The molecule has 0 saturated carbocycles. The molecule has 0 amide bonds. The highest BCUT2D eigenvalue weighted by Gasteiger charge is 2.48. The minimum atomic E-state index is -0.431. The molecule has 0 aromatic heterocycles. The van der Waals surface area contributed by atoms with Crippen molar-refractivity contribution in [2.45, 2.75) is 17.5 Å². The third-order valence-corrected chi connectivity index (χ3v) is 3.55. The van der Waals surface area contributed by atoms with Crippen molar-refractivity contribution in [1.82, 2.24) is 0 Å². The molecule has 1 unspecified atom stereocenters. The SMILES string of the molecule is OCC1SCCC12OCCO2. The second kappa shape index (κ2) is 2.94. The van der Waals surface area contributed by atoms with Crippen molar-refractivity contribution >= 4 is 11.8 Å². The molecular formula is C7H12O3S. The molecule has 0 aliphatic carbocycles. The Bertz CT molecular complexity index is 139. The number of aliphatic hydroxyl groups is 1. The highest BCUT2D eigenvalue weighted by molar-refractivity contribution is 8.00. The van der Waals surface area contributed by atoms with Crippen LogP contribution in [-0.4, -0.2) is 41.7 Å². The second-order valence-corrected chi connectivity index (χ2v) is 4.11. The van der Waals surface area contributed by atoms with Crippen molar-refractivity contribution in [3.8, 4) is 0 Å². The zero-order chi connectivity index (χ0) is 7.73. The van der Waals surface area contributed by atoms with Crippen LogP contribution < -0.4 is 0 Å². The van der Waals surface area contributed by atoms with Gasteiger partial charge in [-0.05, 0) is 5.75 Å². The Hall–Kier alpha value is 0.230. The van der Waals surface area contributed by atoms with Crippen LogP contribution in [0.2, 0.25) is 0 Å². The van der Waals surface area contributed by atoms with Gasteiger partial charge in [0.05, 0.1) is 25.1 Å². The lowest BCUT2D eigenvalue weighted by molar-refractivity contribution is -0.157. The smallest absolute Gasteiger partial charge is 0.183 e. The molecule has 1 atom stereocenters. The van der Waals surface area contributed by atoms with E-state index in [4.69, 9.17) is 14.6 Å². The minimum Gasteiger partial charge on any atom is -0.395 e. The maximum absolute atomic E-state index is 9.01. The number of aliphatic hydroxyl groups excluding tert-OH is 1. The van der Waals surface area contributed by atoms with Gasteiger partial charge in [-0.2, -0.15) is 11.8 Å². The van der Waals surface area contributed by atoms with Gasteiger partial charge in [-0.25, -0.2) is 0 Å². The Morgan fingerprint density at radius 2 is 2.18 bits per heavy atom. The van der Waals surface area contributed by atoms with Crippen LogP contribution in [0.15, 0.2) is 0 Å². The molecule has 64 valence electrons.